The second kappa shape index (κ2) is 6.06. The van der Waals surface area contributed by atoms with Crippen LogP contribution in [0, 0.1) is 11.6 Å². The van der Waals surface area contributed by atoms with E-state index in [1.54, 1.807) is 6.92 Å². The SMILES string of the molecule is CC(O)CNC(=O)c1csc(-c2ccc(F)c(F)c2)n1. The first-order valence-electron chi connectivity index (χ1n) is 5.84. The van der Waals surface area contributed by atoms with Gasteiger partial charge in [-0.1, -0.05) is 0 Å². The van der Waals surface area contributed by atoms with Crippen molar-refractivity contribution in [2.75, 3.05) is 6.54 Å². The smallest absolute Gasteiger partial charge is 0.270 e. The molecule has 4 nitrogen and oxygen atoms in total. The number of thiazole rings is 1. The zero-order chi connectivity index (χ0) is 14.7. The summed E-state index contributed by atoms with van der Waals surface area (Å²) >= 11 is 1.16. The van der Waals surface area contributed by atoms with Crippen LogP contribution in [0.5, 0.6) is 0 Å². The lowest BCUT2D eigenvalue weighted by atomic mass is 10.2. The number of carbonyl (C=O) groups is 1. The first-order valence-corrected chi connectivity index (χ1v) is 6.72. The lowest BCUT2D eigenvalue weighted by molar-refractivity contribution is 0.0920. The summed E-state index contributed by atoms with van der Waals surface area (Å²) in [6.07, 6.45) is -0.650. The van der Waals surface area contributed by atoms with Crippen LogP contribution in [-0.2, 0) is 0 Å². The molecule has 1 atom stereocenters. The Morgan fingerprint density at radius 1 is 1.45 bits per heavy atom. The number of aromatic nitrogens is 1. The van der Waals surface area contributed by atoms with Crippen LogP contribution in [-0.4, -0.2) is 28.6 Å². The fraction of sp³-hybridized carbons (Fsp3) is 0.231. The Morgan fingerprint density at radius 3 is 2.85 bits per heavy atom. The molecule has 0 fully saturated rings. The standard InChI is InChI=1S/C13H12F2N2O2S/c1-7(18)5-16-12(19)11-6-20-13(17-11)8-2-3-9(14)10(15)4-8/h2-4,6-7,18H,5H2,1H3,(H,16,19). The number of halogens is 2. The van der Waals surface area contributed by atoms with Crippen molar-refractivity contribution in [1.29, 1.82) is 0 Å². The first-order chi connectivity index (χ1) is 9.47. The van der Waals surface area contributed by atoms with E-state index >= 15 is 0 Å². The Hall–Kier alpha value is -1.86. The third-order valence-electron chi connectivity index (χ3n) is 2.46. The average molecular weight is 298 g/mol. The normalized spacial score (nSPS) is 12.2. The van der Waals surface area contributed by atoms with Gasteiger partial charge in [-0.15, -0.1) is 11.3 Å². The van der Waals surface area contributed by atoms with E-state index in [0.29, 0.717) is 10.6 Å². The van der Waals surface area contributed by atoms with Gasteiger partial charge in [0, 0.05) is 17.5 Å². The summed E-state index contributed by atoms with van der Waals surface area (Å²) in [5.41, 5.74) is 0.582. The molecule has 106 valence electrons. The molecule has 0 aliphatic heterocycles. The van der Waals surface area contributed by atoms with Gasteiger partial charge in [-0.3, -0.25) is 4.79 Å². The third kappa shape index (κ3) is 3.37. The number of hydrogen-bond acceptors (Lipinski definition) is 4. The molecule has 0 aliphatic rings. The van der Waals surface area contributed by atoms with E-state index in [0.717, 1.165) is 23.5 Å². The number of amides is 1. The molecule has 0 saturated heterocycles. The molecule has 0 bridgehead atoms. The van der Waals surface area contributed by atoms with Crippen LogP contribution < -0.4 is 5.32 Å². The summed E-state index contributed by atoms with van der Waals surface area (Å²) < 4.78 is 26.0. The number of nitrogens with zero attached hydrogens (tertiary/aromatic N) is 1. The van der Waals surface area contributed by atoms with E-state index < -0.39 is 23.6 Å². The molecule has 2 N–H and O–H groups in total. The third-order valence-corrected chi connectivity index (χ3v) is 3.35. The molecular weight excluding hydrogens is 286 g/mol. The summed E-state index contributed by atoms with van der Waals surface area (Å²) in [7, 11) is 0. The molecule has 1 heterocycles. The minimum absolute atomic E-state index is 0.122. The molecule has 0 spiro atoms. The van der Waals surface area contributed by atoms with Crippen LogP contribution in [0.15, 0.2) is 23.6 Å². The maximum atomic E-state index is 13.1. The molecule has 0 radical (unpaired) electrons. The van der Waals surface area contributed by atoms with E-state index in [2.05, 4.69) is 10.3 Å². The van der Waals surface area contributed by atoms with E-state index in [9.17, 15) is 13.6 Å². The van der Waals surface area contributed by atoms with Gasteiger partial charge in [0.25, 0.3) is 5.91 Å². The van der Waals surface area contributed by atoms with Gasteiger partial charge in [0.1, 0.15) is 10.7 Å². The summed E-state index contributed by atoms with van der Waals surface area (Å²) in [4.78, 5) is 15.8. The Labute approximate surface area is 118 Å². The van der Waals surface area contributed by atoms with Crippen molar-refractivity contribution in [2.45, 2.75) is 13.0 Å². The zero-order valence-corrected chi connectivity index (χ0v) is 11.4. The van der Waals surface area contributed by atoms with Gasteiger partial charge < -0.3 is 10.4 Å². The second-order valence-corrected chi connectivity index (χ2v) is 5.08. The second-order valence-electron chi connectivity index (χ2n) is 4.23. The number of nitrogens with one attached hydrogen (secondary N) is 1. The van der Waals surface area contributed by atoms with Gasteiger partial charge in [0.2, 0.25) is 0 Å². The lowest BCUT2D eigenvalue weighted by Gasteiger charge is -2.04. The van der Waals surface area contributed by atoms with E-state index in [4.69, 9.17) is 5.11 Å². The highest BCUT2D eigenvalue weighted by molar-refractivity contribution is 7.13. The molecule has 0 saturated carbocycles. The molecule has 0 aliphatic carbocycles. The molecule has 20 heavy (non-hydrogen) atoms. The van der Waals surface area contributed by atoms with Crippen LogP contribution in [0.3, 0.4) is 0 Å². The Morgan fingerprint density at radius 2 is 2.20 bits per heavy atom. The van der Waals surface area contributed by atoms with Crippen LogP contribution in [0.2, 0.25) is 0 Å². The zero-order valence-electron chi connectivity index (χ0n) is 10.6. The maximum absolute atomic E-state index is 13.1. The van der Waals surface area contributed by atoms with Gasteiger partial charge >= 0.3 is 0 Å². The van der Waals surface area contributed by atoms with E-state index in [-0.39, 0.29) is 12.2 Å². The molecule has 7 heteroatoms. The number of aliphatic hydroxyl groups is 1. The van der Waals surface area contributed by atoms with Crippen molar-refractivity contribution < 1.29 is 18.7 Å². The van der Waals surface area contributed by atoms with Crippen LogP contribution >= 0.6 is 11.3 Å². The van der Waals surface area contributed by atoms with E-state index in [1.807, 2.05) is 0 Å². The Balaban J connectivity index is 2.16. The molecule has 1 unspecified atom stereocenters. The van der Waals surface area contributed by atoms with Crippen molar-refractivity contribution in [3.05, 3.63) is 40.9 Å². The quantitative estimate of drug-likeness (QED) is 0.909. The van der Waals surface area contributed by atoms with Gasteiger partial charge in [-0.25, -0.2) is 13.8 Å². The van der Waals surface area contributed by atoms with Gasteiger partial charge in [0.05, 0.1) is 6.10 Å². The number of aliphatic hydroxyl groups excluding tert-OH is 1. The number of carbonyl (C=O) groups excluding carboxylic acids is 1. The largest absolute Gasteiger partial charge is 0.392 e. The first kappa shape index (κ1) is 14.5. The van der Waals surface area contributed by atoms with Gasteiger partial charge in [-0.05, 0) is 25.1 Å². The highest BCUT2D eigenvalue weighted by Gasteiger charge is 2.13. The monoisotopic (exact) mass is 298 g/mol. The molecule has 2 aromatic rings. The Bertz CT molecular complexity index is 629. The Kier molecular flexibility index (Phi) is 4.41. The van der Waals surface area contributed by atoms with Crippen molar-refractivity contribution in [3.63, 3.8) is 0 Å². The molecule has 1 amide bonds. The summed E-state index contributed by atoms with van der Waals surface area (Å²) in [6.45, 7) is 1.67. The molecule has 1 aromatic carbocycles. The van der Waals surface area contributed by atoms with Gasteiger partial charge in [0.15, 0.2) is 11.6 Å². The van der Waals surface area contributed by atoms with Crippen molar-refractivity contribution >= 4 is 17.2 Å². The molecular formula is C13H12F2N2O2S. The summed E-state index contributed by atoms with van der Waals surface area (Å²) in [5.74, 6) is -2.31. The lowest BCUT2D eigenvalue weighted by Crippen LogP contribution is -2.30. The fourth-order valence-electron chi connectivity index (χ4n) is 1.47. The van der Waals surface area contributed by atoms with E-state index in [1.165, 1.54) is 11.4 Å². The van der Waals surface area contributed by atoms with Crippen molar-refractivity contribution in [1.82, 2.24) is 10.3 Å². The minimum atomic E-state index is -0.960. The van der Waals surface area contributed by atoms with Crippen molar-refractivity contribution in [2.24, 2.45) is 0 Å². The highest BCUT2D eigenvalue weighted by atomic mass is 32.1. The fourth-order valence-corrected chi connectivity index (χ4v) is 2.27. The highest BCUT2D eigenvalue weighted by Crippen LogP contribution is 2.25. The van der Waals surface area contributed by atoms with Crippen LogP contribution in [0.1, 0.15) is 17.4 Å². The number of benzene rings is 1. The predicted molar refractivity (Wildman–Crippen MR) is 71.5 cm³/mol. The average Bonchev–Trinajstić information content (AvgIpc) is 2.89. The summed E-state index contributed by atoms with van der Waals surface area (Å²) in [6, 6.07) is 3.44. The maximum Gasteiger partial charge on any atom is 0.270 e. The van der Waals surface area contributed by atoms with Crippen molar-refractivity contribution in [3.8, 4) is 10.6 Å². The number of hydrogen-bond donors (Lipinski definition) is 2. The topological polar surface area (TPSA) is 62.2 Å². The summed E-state index contributed by atoms with van der Waals surface area (Å²) in [5, 5.41) is 13.5. The predicted octanol–water partition coefficient (Wildman–Crippen LogP) is 2.20. The van der Waals surface area contributed by atoms with Crippen LogP contribution in [0.25, 0.3) is 10.6 Å². The minimum Gasteiger partial charge on any atom is -0.392 e. The van der Waals surface area contributed by atoms with Crippen LogP contribution in [0.4, 0.5) is 8.78 Å². The van der Waals surface area contributed by atoms with Gasteiger partial charge in [-0.2, -0.15) is 0 Å². The number of rotatable bonds is 4. The molecule has 2 rings (SSSR count). The molecule has 1 aromatic heterocycles.